The van der Waals surface area contributed by atoms with Crippen LogP contribution in [0.25, 0.3) is 0 Å². The molecule has 0 saturated carbocycles. The molecule has 100 valence electrons. The highest BCUT2D eigenvalue weighted by Crippen LogP contribution is 2.18. The summed E-state index contributed by atoms with van der Waals surface area (Å²) in [5.41, 5.74) is 1.39. The predicted octanol–water partition coefficient (Wildman–Crippen LogP) is 0.778. The number of benzene rings is 1. The first-order valence-electron chi connectivity index (χ1n) is 5.44. The van der Waals surface area contributed by atoms with Gasteiger partial charge in [0, 0.05) is 18.4 Å². The minimum Gasteiger partial charge on any atom is -0.496 e. The zero-order valence-electron chi connectivity index (χ0n) is 10.7. The number of rotatable bonds is 5. The summed E-state index contributed by atoms with van der Waals surface area (Å²) in [6.07, 6.45) is 1.13. The Hall–Kier alpha value is -1.56. The van der Waals surface area contributed by atoms with E-state index in [1.54, 1.807) is 18.2 Å². The molecular weight excluding hydrogens is 254 g/mol. The lowest BCUT2D eigenvalue weighted by Crippen LogP contribution is -2.28. The number of amides is 1. The molecule has 0 aliphatic carbocycles. The zero-order valence-corrected chi connectivity index (χ0v) is 11.5. The summed E-state index contributed by atoms with van der Waals surface area (Å²) >= 11 is 0. The van der Waals surface area contributed by atoms with Crippen LogP contribution in [0.5, 0.6) is 5.75 Å². The average Bonchev–Trinajstić information content (AvgIpc) is 2.27. The van der Waals surface area contributed by atoms with Crippen LogP contribution in [0.15, 0.2) is 18.2 Å². The molecule has 5 nitrogen and oxygen atoms in total. The molecule has 0 atom stereocenters. The lowest BCUT2D eigenvalue weighted by atomic mass is 10.1. The second kappa shape index (κ2) is 5.86. The highest BCUT2D eigenvalue weighted by atomic mass is 32.2. The third-order valence-electron chi connectivity index (χ3n) is 2.43. The van der Waals surface area contributed by atoms with Crippen LogP contribution in [0.2, 0.25) is 0 Å². The molecule has 0 unspecified atom stereocenters. The highest BCUT2D eigenvalue weighted by Gasteiger charge is 2.09. The number of carbonyl (C=O) groups is 1. The largest absolute Gasteiger partial charge is 0.496 e. The zero-order chi connectivity index (χ0) is 13.8. The molecule has 1 rings (SSSR count). The van der Waals surface area contributed by atoms with Gasteiger partial charge in [-0.2, -0.15) is 0 Å². The first-order valence-corrected chi connectivity index (χ1v) is 7.50. The third-order valence-corrected chi connectivity index (χ3v) is 3.37. The molecule has 0 aliphatic heterocycles. The number of aryl methyl sites for hydroxylation is 1. The smallest absolute Gasteiger partial charge is 0.251 e. The molecule has 0 radical (unpaired) electrons. The van der Waals surface area contributed by atoms with Gasteiger partial charge in [-0.1, -0.05) is 6.07 Å². The number of hydrogen-bond acceptors (Lipinski definition) is 4. The van der Waals surface area contributed by atoms with Gasteiger partial charge >= 0.3 is 0 Å². The van der Waals surface area contributed by atoms with Crippen molar-refractivity contribution in [2.45, 2.75) is 6.92 Å². The average molecular weight is 271 g/mol. The van der Waals surface area contributed by atoms with E-state index < -0.39 is 9.84 Å². The van der Waals surface area contributed by atoms with Crippen LogP contribution in [0.3, 0.4) is 0 Å². The highest BCUT2D eigenvalue weighted by molar-refractivity contribution is 7.90. The van der Waals surface area contributed by atoms with Gasteiger partial charge in [-0.25, -0.2) is 8.42 Å². The molecule has 0 spiro atoms. The van der Waals surface area contributed by atoms with E-state index >= 15 is 0 Å². The summed E-state index contributed by atoms with van der Waals surface area (Å²) in [5.74, 6) is 0.254. The summed E-state index contributed by atoms with van der Waals surface area (Å²) in [4.78, 5) is 11.7. The van der Waals surface area contributed by atoms with E-state index in [9.17, 15) is 13.2 Å². The van der Waals surface area contributed by atoms with Gasteiger partial charge in [-0.15, -0.1) is 0 Å². The molecule has 0 fully saturated rings. The second-order valence-corrected chi connectivity index (χ2v) is 6.33. The van der Waals surface area contributed by atoms with Crippen LogP contribution in [-0.4, -0.2) is 40.0 Å². The number of nitrogens with one attached hydrogen (secondary N) is 1. The van der Waals surface area contributed by atoms with Crippen LogP contribution < -0.4 is 10.1 Å². The van der Waals surface area contributed by atoms with Gasteiger partial charge in [0.2, 0.25) is 0 Å². The Balaban J connectivity index is 2.67. The fraction of sp³-hybridized carbons (Fsp3) is 0.417. The molecule has 0 aliphatic rings. The summed E-state index contributed by atoms with van der Waals surface area (Å²) in [6.45, 7) is 1.98. The summed E-state index contributed by atoms with van der Waals surface area (Å²) in [5, 5.41) is 2.55. The van der Waals surface area contributed by atoms with E-state index in [2.05, 4.69) is 5.32 Å². The van der Waals surface area contributed by atoms with Gasteiger partial charge in [-0.05, 0) is 24.6 Å². The predicted molar refractivity (Wildman–Crippen MR) is 69.8 cm³/mol. The number of hydrogen-bond donors (Lipinski definition) is 1. The van der Waals surface area contributed by atoms with Gasteiger partial charge in [-0.3, -0.25) is 4.79 Å². The molecule has 6 heteroatoms. The number of sulfone groups is 1. The van der Waals surface area contributed by atoms with Crippen molar-refractivity contribution in [1.82, 2.24) is 5.32 Å². The Labute approximate surface area is 107 Å². The van der Waals surface area contributed by atoms with Crippen LogP contribution in [0.4, 0.5) is 0 Å². The Kier molecular flexibility index (Phi) is 4.72. The SMILES string of the molecule is COc1cc(C(=O)NCCS(C)(=O)=O)ccc1C. The first-order chi connectivity index (χ1) is 8.33. The molecule has 0 bridgehead atoms. The van der Waals surface area contributed by atoms with Gasteiger partial charge in [0.25, 0.3) is 5.91 Å². The van der Waals surface area contributed by atoms with E-state index in [1.807, 2.05) is 6.92 Å². The van der Waals surface area contributed by atoms with Gasteiger partial charge in [0.15, 0.2) is 0 Å². The number of ether oxygens (including phenoxy) is 1. The van der Waals surface area contributed by atoms with E-state index in [0.29, 0.717) is 11.3 Å². The van der Waals surface area contributed by atoms with Crippen molar-refractivity contribution >= 4 is 15.7 Å². The standard InChI is InChI=1S/C12H17NO4S/c1-9-4-5-10(8-11(9)17-2)12(14)13-6-7-18(3,15)16/h4-5,8H,6-7H2,1-3H3,(H,13,14). The maximum absolute atomic E-state index is 11.7. The van der Waals surface area contributed by atoms with Crippen LogP contribution >= 0.6 is 0 Å². The second-order valence-electron chi connectivity index (χ2n) is 4.07. The minimum atomic E-state index is -3.06. The first kappa shape index (κ1) is 14.5. The van der Waals surface area contributed by atoms with E-state index in [-0.39, 0.29) is 18.2 Å². The van der Waals surface area contributed by atoms with Crippen LogP contribution in [0.1, 0.15) is 15.9 Å². The van der Waals surface area contributed by atoms with E-state index in [0.717, 1.165) is 11.8 Å². The Morgan fingerprint density at radius 1 is 1.39 bits per heavy atom. The normalized spacial score (nSPS) is 11.1. The molecule has 0 heterocycles. The molecular formula is C12H17NO4S. The van der Waals surface area contributed by atoms with E-state index in [1.165, 1.54) is 7.11 Å². The number of carbonyl (C=O) groups excluding carboxylic acids is 1. The fourth-order valence-electron chi connectivity index (χ4n) is 1.41. The van der Waals surface area contributed by atoms with Crippen molar-refractivity contribution < 1.29 is 17.9 Å². The van der Waals surface area contributed by atoms with Crippen LogP contribution in [0, 0.1) is 6.92 Å². The Bertz CT molecular complexity index is 537. The van der Waals surface area contributed by atoms with Crippen molar-refractivity contribution in [1.29, 1.82) is 0 Å². The molecule has 1 N–H and O–H groups in total. The maximum atomic E-state index is 11.7. The fourth-order valence-corrected chi connectivity index (χ4v) is 1.89. The lowest BCUT2D eigenvalue weighted by Gasteiger charge is -2.08. The van der Waals surface area contributed by atoms with Crippen LogP contribution in [-0.2, 0) is 9.84 Å². The van der Waals surface area contributed by atoms with Crippen molar-refractivity contribution in [3.05, 3.63) is 29.3 Å². The van der Waals surface area contributed by atoms with E-state index in [4.69, 9.17) is 4.74 Å². The Morgan fingerprint density at radius 3 is 2.61 bits per heavy atom. The lowest BCUT2D eigenvalue weighted by molar-refractivity contribution is 0.0956. The minimum absolute atomic E-state index is 0.0677. The van der Waals surface area contributed by atoms with Crippen molar-refractivity contribution in [2.75, 3.05) is 25.7 Å². The Morgan fingerprint density at radius 2 is 2.06 bits per heavy atom. The molecule has 0 saturated heterocycles. The van der Waals surface area contributed by atoms with Gasteiger partial charge < -0.3 is 10.1 Å². The maximum Gasteiger partial charge on any atom is 0.251 e. The summed E-state index contributed by atoms with van der Waals surface area (Å²) in [6, 6.07) is 5.09. The summed E-state index contributed by atoms with van der Waals surface area (Å²) < 4.78 is 27.0. The van der Waals surface area contributed by atoms with Gasteiger partial charge in [0.1, 0.15) is 15.6 Å². The summed E-state index contributed by atoms with van der Waals surface area (Å²) in [7, 11) is -1.53. The number of methoxy groups -OCH3 is 1. The monoisotopic (exact) mass is 271 g/mol. The molecule has 0 aromatic heterocycles. The molecule has 18 heavy (non-hydrogen) atoms. The molecule has 1 aromatic carbocycles. The third kappa shape index (κ3) is 4.37. The van der Waals surface area contributed by atoms with Crippen molar-refractivity contribution in [3.8, 4) is 5.75 Å². The molecule has 1 amide bonds. The molecule has 1 aromatic rings. The topological polar surface area (TPSA) is 72.5 Å². The quantitative estimate of drug-likeness (QED) is 0.859. The van der Waals surface area contributed by atoms with Crippen molar-refractivity contribution in [3.63, 3.8) is 0 Å². The van der Waals surface area contributed by atoms with Crippen molar-refractivity contribution in [2.24, 2.45) is 0 Å². The van der Waals surface area contributed by atoms with Gasteiger partial charge in [0.05, 0.1) is 12.9 Å².